The molecule has 16 heavy (non-hydrogen) atoms. The molecule has 0 saturated heterocycles. The summed E-state index contributed by atoms with van der Waals surface area (Å²) >= 11 is 0. The molecule has 2 atom stereocenters. The number of nitriles is 1. The van der Waals surface area contributed by atoms with Gasteiger partial charge in [-0.3, -0.25) is 0 Å². The predicted molar refractivity (Wildman–Crippen MR) is 57.4 cm³/mol. The van der Waals surface area contributed by atoms with E-state index in [0.717, 1.165) is 0 Å². The van der Waals surface area contributed by atoms with Crippen molar-refractivity contribution in [2.24, 2.45) is 0 Å². The topological polar surface area (TPSA) is 53.2 Å². The lowest BCUT2D eigenvalue weighted by atomic mass is 10.1. The summed E-state index contributed by atoms with van der Waals surface area (Å²) in [7, 11) is 0. The maximum Gasteiger partial charge on any atom is 0.184 e. The van der Waals surface area contributed by atoms with E-state index in [1.165, 1.54) is 12.1 Å². The number of hydrogen-bond donors (Lipinski definition) is 1. The summed E-state index contributed by atoms with van der Waals surface area (Å²) in [6.07, 6.45) is -0.873. The second-order valence-corrected chi connectivity index (χ2v) is 3.51. The molecule has 0 aliphatic heterocycles. The van der Waals surface area contributed by atoms with E-state index in [4.69, 9.17) is 10.00 Å². The third kappa shape index (κ3) is 2.94. The second-order valence-electron chi connectivity index (χ2n) is 3.51. The first-order chi connectivity index (χ1) is 7.58. The smallest absolute Gasteiger partial charge is 0.184 e. The SMILES string of the molecule is CCC(C#N)Oc1ccc([C@@H](C)O)cc1F. The van der Waals surface area contributed by atoms with Crippen LogP contribution in [0.5, 0.6) is 5.75 Å². The van der Waals surface area contributed by atoms with E-state index in [1.807, 2.05) is 6.07 Å². The number of nitrogens with zero attached hydrogens (tertiary/aromatic N) is 1. The van der Waals surface area contributed by atoms with Gasteiger partial charge in [-0.25, -0.2) is 4.39 Å². The predicted octanol–water partition coefficient (Wildman–Crippen LogP) is 2.56. The molecule has 1 rings (SSSR count). The summed E-state index contributed by atoms with van der Waals surface area (Å²) in [6.45, 7) is 3.34. The first-order valence-electron chi connectivity index (χ1n) is 5.12. The summed E-state index contributed by atoms with van der Waals surface area (Å²) in [5, 5.41) is 17.9. The molecule has 0 aliphatic rings. The number of ether oxygens (including phenoxy) is 1. The Morgan fingerprint density at radius 2 is 2.25 bits per heavy atom. The van der Waals surface area contributed by atoms with Gasteiger partial charge in [0.25, 0.3) is 0 Å². The highest BCUT2D eigenvalue weighted by atomic mass is 19.1. The average Bonchev–Trinajstić information content (AvgIpc) is 2.27. The van der Waals surface area contributed by atoms with Crippen LogP contribution in [0.4, 0.5) is 4.39 Å². The molecule has 1 N–H and O–H groups in total. The zero-order valence-electron chi connectivity index (χ0n) is 9.27. The van der Waals surface area contributed by atoms with E-state index >= 15 is 0 Å². The molecular formula is C12H14FNO2. The number of hydrogen-bond acceptors (Lipinski definition) is 3. The van der Waals surface area contributed by atoms with Gasteiger partial charge in [0.15, 0.2) is 17.7 Å². The molecule has 1 unspecified atom stereocenters. The van der Waals surface area contributed by atoms with Crippen LogP contribution in [0.15, 0.2) is 18.2 Å². The molecule has 4 heteroatoms. The van der Waals surface area contributed by atoms with E-state index in [2.05, 4.69) is 0 Å². The van der Waals surface area contributed by atoms with Gasteiger partial charge >= 0.3 is 0 Å². The van der Waals surface area contributed by atoms with Crippen molar-refractivity contribution in [3.05, 3.63) is 29.6 Å². The van der Waals surface area contributed by atoms with E-state index in [9.17, 15) is 9.50 Å². The van der Waals surface area contributed by atoms with Crippen LogP contribution in [0.1, 0.15) is 31.9 Å². The van der Waals surface area contributed by atoms with E-state index in [0.29, 0.717) is 12.0 Å². The number of aliphatic hydroxyl groups excluding tert-OH is 1. The molecule has 0 amide bonds. The molecule has 1 aromatic rings. The minimum absolute atomic E-state index is 0.0396. The molecule has 0 heterocycles. The minimum Gasteiger partial charge on any atom is -0.473 e. The van der Waals surface area contributed by atoms with Crippen molar-refractivity contribution < 1.29 is 14.2 Å². The molecule has 3 nitrogen and oxygen atoms in total. The van der Waals surface area contributed by atoms with E-state index in [-0.39, 0.29) is 5.75 Å². The molecular weight excluding hydrogens is 209 g/mol. The Morgan fingerprint density at radius 1 is 1.56 bits per heavy atom. The molecule has 86 valence electrons. The average molecular weight is 223 g/mol. The Balaban J connectivity index is 2.87. The largest absolute Gasteiger partial charge is 0.473 e. The van der Waals surface area contributed by atoms with Gasteiger partial charge < -0.3 is 9.84 Å². The summed E-state index contributed by atoms with van der Waals surface area (Å²) in [5.41, 5.74) is 0.481. The zero-order chi connectivity index (χ0) is 12.1. The molecule has 1 aromatic carbocycles. The quantitative estimate of drug-likeness (QED) is 0.853. The number of benzene rings is 1. The van der Waals surface area contributed by atoms with Crippen LogP contribution >= 0.6 is 0 Å². The van der Waals surface area contributed by atoms with Crippen LogP contribution in [0.25, 0.3) is 0 Å². The van der Waals surface area contributed by atoms with Gasteiger partial charge in [-0.1, -0.05) is 13.0 Å². The molecule has 0 fully saturated rings. The van der Waals surface area contributed by atoms with Crippen molar-refractivity contribution in [1.29, 1.82) is 5.26 Å². The van der Waals surface area contributed by atoms with Gasteiger partial charge in [0, 0.05) is 0 Å². The zero-order valence-corrected chi connectivity index (χ0v) is 9.27. The third-order valence-corrected chi connectivity index (χ3v) is 2.22. The summed E-state index contributed by atoms with van der Waals surface area (Å²) in [6, 6.07) is 6.14. The highest BCUT2D eigenvalue weighted by Gasteiger charge is 2.12. The normalized spacial score (nSPS) is 13.9. The van der Waals surface area contributed by atoms with E-state index < -0.39 is 18.0 Å². The molecule has 0 aliphatic carbocycles. The first kappa shape index (κ1) is 12.5. The highest BCUT2D eigenvalue weighted by Crippen LogP contribution is 2.23. The van der Waals surface area contributed by atoms with Crippen molar-refractivity contribution in [1.82, 2.24) is 0 Å². The monoisotopic (exact) mass is 223 g/mol. The van der Waals surface area contributed by atoms with Gasteiger partial charge in [0.05, 0.1) is 6.10 Å². The van der Waals surface area contributed by atoms with Crippen molar-refractivity contribution in [2.45, 2.75) is 32.5 Å². The van der Waals surface area contributed by atoms with Gasteiger partial charge in [-0.05, 0) is 31.0 Å². The van der Waals surface area contributed by atoms with Gasteiger partial charge in [0.1, 0.15) is 6.07 Å². The summed E-state index contributed by atoms with van der Waals surface area (Å²) in [4.78, 5) is 0. The number of halogens is 1. The fraction of sp³-hybridized carbons (Fsp3) is 0.417. The lowest BCUT2D eigenvalue weighted by molar-refractivity contribution is 0.198. The lowest BCUT2D eigenvalue weighted by Gasteiger charge is -2.12. The maximum atomic E-state index is 13.5. The Morgan fingerprint density at radius 3 is 2.69 bits per heavy atom. The number of aliphatic hydroxyl groups is 1. The third-order valence-electron chi connectivity index (χ3n) is 2.22. The first-order valence-corrected chi connectivity index (χ1v) is 5.12. The molecule has 0 radical (unpaired) electrons. The van der Waals surface area contributed by atoms with Crippen LogP contribution in [0, 0.1) is 17.1 Å². The molecule has 0 saturated carbocycles. The standard InChI is InChI=1S/C12H14FNO2/c1-3-10(7-14)16-12-5-4-9(8(2)15)6-11(12)13/h4-6,8,10,15H,3H2,1-2H3/t8-,10?/m1/s1. The van der Waals surface area contributed by atoms with Gasteiger partial charge in [0.2, 0.25) is 0 Å². The van der Waals surface area contributed by atoms with Crippen LogP contribution in [-0.4, -0.2) is 11.2 Å². The van der Waals surface area contributed by atoms with Crippen LogP contribution in [-0.2, 0) is 0 Å². The summed E-state index contributed by atoms with van der Waals surface area (Å²) < 4.78 is 18.7. The fourth-order valence-corrected chi connectivity index (χ4v) is 1.23. The van der Waals surface area contributed by atoms with Crippen LogP contribution in [0.3, 0.4) is 0 Å². The van der Waals surface area contributed by atoms with Crippen molar-refractivity contribution in [3.8, 4) is 11.8 Å². The fourth-order valence-electron chi connectivity index (χ4n) is 1.23. The van der Waals surface area contributed by atoms with Crippen molar-refractivity contribution in [2.75, 3.05) is 0 Å². The lowest BCUT2D eigenvalue weighted by Crippen LogP contribution is -2.13. The Kier molecular flexibility index (Phi) is 4.27. The van der Waals surface area contributed by atoms with E-state index in [1.54, 1.807) is 19.9 Å². The second kappa shape index (κ2) is 5.47. The summed E-state index contributed by atoms with van der Waals surface area (Å²) in [5.74, 6) is -0.523. The molecule has 0 bridgehead atoms. The van der Waals surface area contributed by atoms with Crippen LogP contribution in [0.2, 0.25) is 0 Å². The maximum absolute atomic E-state index is 13.5. The molecule has 0 aromatic heterocycles. The Bertz CT molecular complexity index is 398. The Hall–Kier alpha value is -1.60. The van der Waals surface area contributed by atoms with Crippen LogP contribution < -0.4 is 4.74 Å². The Labute approximate surface area is 94.1 Å². The highest BCUT2D eigenvalue weighted by molar-refractivity contribution is 5.30. The van der Waals surface area contributed by atoms with Crippen molar-refractivity contribution in [3.63, 3.8) is 0 Å². The minimum atomic E-state index is -0.721. The van der Waals surface area contributed by atoms with Crippen molar-refractivity contribution >= 4 is 0 Å². The van der Waals surface area contributed by atoms with Gasteiger partial charge in [-0.2, -0.15) is 5.26 Å². The molecule has 0 spiro atoms. The number of rotatable bonds is 4. The van der Waals surface area contributed by atoms with Gasteiger partial charge in [-0.15, -0.1) is 0 Å².